The molecule has 1 aromatic heterocycles. The maximum Gasteiger partial charge on any atom is 0.344 e. The second-order valence-corrected chi connectivity index (χ2v) is 9.94. The summed E-state index contributed by atoms with van der Waals surface area (Å²) in [5.74, 6) is -1.98. The lowest BCUT2D eigenvalue weighted by atomic mass is 9.82. The number of nitrogens with zero attached hydrogens (tertiary/aromatic N) is 2. The quantitative estimate of drug-likeness (QED) is 0.212. The Hall–Kier alpha value is -4.83. The summed E-state index contributed by atoms with van der Waals surface area (Å²) in [4.78, 5) is 38.0. The van der Waals surface area contributed by atoms with Gasteiger partial charge in [-0.3, -0.25) is 9.59 Å². The fourth-order valence-electron chi connectivity index (χ4n) is 4.33. The number of nitrogens with one attached hydrogen (secondary N) is 2. The van der Waals surface area contributed by atoms with Crippen LogP contribution in [-0.2, 0) is 32.1 Å². The number of ether oxygens (including phenoxy) is 2. The van der Waals surface area contributed by atoms with E-state index >= 15 is 0 Å². The van der Waals surface area contributed by atoms with Crippen LogP contribution in [0.2, 0.25) is 0 Å². The number of carbonyl (C=O) groups is 3. The van der Waals surface area contributed by atoms with Gasteiger partial charge in [0, 0.05) is 6.04 Å². The second-order valence-electron chi connectivity index (χ2n) is 9.94. The van der Waals surface area contributed by atoms with Crippen molar-refractivity contribution in [1.82, 2.24) is 20.7 Å². The van der Waals surface area contributed by atoms with Crippen molar-refractivity contribution in [1.29, 1.82) is 0 Å². The van der Waals surface area contributed by atoms with E-state index in [1.54, 1.807) is 0 Å². The maximum absolute atomic E-state index is 13.0. The molecule has 0 saturated heterocycles. The Morgan fingerprint density at radius 1 is 0.902 bits per heavy atom. The van der Waals surface area contributed by atoms with Crippen molar-refractivity contribution in [3.8, 4) is 11.1 Å². The summed E-state index contributed by atoms with van der Waals surface area (Å²) in [7, 11) is 0. The van der Waals surface area contributed by atoms with Crippen molar-refractivity contribution in [3.63, 3.8) is 0 Å². The topological polar surface area (TPSA) is 144 Å². The van der Waals surface area contributed by atoms with E-state index in [9.17, 15) is 19.5 Å². The molecule has 1 heterocycles. The standard InChI is InChI=1S/C31H32N4O6/c1-31(21-36,30(39)41-20-28(37)40-19-23-8-4-2-5-9-23)17-26(33-29(38)27-18-32-35-34-27)16-22-12-14-25(15-13-22)24-10-6-3-7-11-24/h2-15,18,26,36H,16-17,19-21H2,1H3,(H,33,38)(H,32,34,35)/t26-,31+/m1/s1. The lowest BCUT2D eigenvalue weighted by molar-refractivity contribution is -0.168. The Labute approximate surface area is 237 Å². The first-order valence-corrected chi connectivity index (χ1v) is 13.1. The molecule has 0 bridgehead atoms. The van der Waals surface area contributed by atoms with E-state index in [1.165, 1.54) is 13.1 Å². The van der Waals surface area contributed by atoms with Gasteiger partial charge in [-0.05, 0) is 42.0 Å². The van der Waals surface area contributed by atoms with Crippen LogP contribution in [-0.4, -0.2) is 57.6 Å². The molecular formula is C31H32N4O6. The summed E-state index contributed by atoms with van der Waals surface area (Å²) in [6.45, 7) is 0.415. The molecule has 10 heteroatoms. The van der Waals surface area contributed by atoms with Crippen LogP contribution < -0.4 is 5.32 Å². The van der Waals surface area contributed by atoms with Gasteiger partial charge in [0.1, 0.15) is 6.61 Å². The zero-order valence-corrected chi connectivity index (χ0v) is 22.7. The van der Waals surface area contributed by atoms with Gasteiger partial charge in [0.15, 0.2) is 12.3 Å². The molecule has 2 atom stereocenters. The Balaban J connectivity index is 1.42. The average molecular weight is 557 g/mol. The number of H-pyrrole nitrogens is 1. The molecule has 10 nitrogen and oxygen atoms in total. The first kappa shape index (κ1) is 29.2. The van der Waals surface area contributed by atoms with Crippen LogP contribution >= 0.6 is 0 Å². The number of rotatable bonds is 13. The first-order chi connectivity index (χ1) is 19.9. The molecular weight excluding hydrogens is 524 g/mol. The molecule has 1 amide bonds. The van der Waals surface area contributed by atoms with Crippen molar-refractivity contribution in [2.45, 2.75) is 32.4 Å². The van der Waals surface area contributed by atoms with Crippen LogP contribution in [0.3, 0.4) is 0 Å². The number of carbonyl (C=O) groups excluding carboxylic acids is 3. The zero-order chi connectivity index (χ0) is 29.1. The van der Waals surface area contributed by atoms with Crippen LogP contribution in [0.15, 0.2) is 91.1 Å². The summed E-state index contributed by atoms with van der Waals surface area (Å²) in [5.41, 5.74) is 2.51. The van der Waals surface area contributed by atoms with Gasteiger partial charge >= 0.3 is 11.9 Å². The van der Waals surface area contributed by atoms with Gasteiger partial charge in [-0.25, -0.2) is 4.79 Å². The molecule has 3 aromatic carbocycles. The highest BCUT2D eigenvalue weighted by atomic mass is 16.6. The van der Waals surface area contributed by atoms with Crippen LogP contribution in [0.1, 0.15) is 35.0 Å². The van der Waals surface area contributed by atoms with Gasteiger partial charge in [-0.1, -0.05) is 84.9 Å². The fourth-order valence-corrected chi connectivity index (χ4v) is 4.33. The summed E-state index contributed by atoms with van der Waals surface area (Å²) < 4.78 is 10.4. The minimum absolute atomic E-state index is 0.0332. The van der Waals surface area contributed by atoms with Gasteiger partial charge in [0.25, 0.3) is 5.91 Å². The number of benzene rings is 3. The largest absolute Gasteiger partial charge is 0.458 e. The van der Waals surface area contributed by atoms with Crippen molar-refractivity contribution in [2.24, 2.45) is 5.41 Å². The van der Waals surface area contributed by atoms with E-state index in [4.69, 9.17) is 9.47 Å². The first-order valence-electron chi connectivity index (χ1n) is 13.1. The van der Waals surface area contributed by atoms with E-state index in [1.807, 2.05) is 84.9 Å². The molecule has 0 radical (unpaired) electrons. The van der Waals surface area contributed by atoms with Gasteiger partial charge in [0.2, 0.25) is 0 Å². The van der Waals surface area contributed by atoms with Crippen LogP contribution in [0.5, 0.6) is 0 Å². The number of hydrogen-bond donors (Lipinski definition) is 3. The number of aliphatic hydroxyl groups is 1. The normalized spacial score (nSPS) is 13.0. The zero-order valence-electron chi connectivity index (χ0n) is 22.7. The third-order valence-electron chi connectivity index (χ3n) is 6.63. The second kappa shape index (κ2) is 14.0. The molecule has 0 unspecified atom stereocenters. The van der Waals surface area contributed by atoms with Gasteiger partial charge in [0.05, 0.1) is 18.2 Å². The predicted octanol–water partition coefficient (Wildman–Crippen LogP) is 3.49. The van der Waals surface area contributed by atoms with Gasteiger partial charge in [-0.2, -0.15) is 15.4 Å². The third-order valence-corrected chi connectivity index (χ3v) is 6.63. The number of aliphatic hydroxyl groups excluding tert-OH is 1. The van der Waals surface area contributed by atoms with Crippen molar-refractivity contribution >= 4 is 17.8 Å². The Bertz CT molecular complexity index is 1410. The molecule has 0 aliphatic heterocycles. The van der Waals surface area contributed by atoms with Gasteiger partial charge in [-0.15, -0.1) is 0 Å². The molecule has 0 aliphatic rings. The lowest BCUT2D eigenvalue weighted by Crippen LogP contribution is -2.45. The summed E-state index contributed by atoms with van der Waals surface area (Å²) in [6, 6.07) is 26.3. The molecule has 0 saturated carbocycles. The van der Waals surface area contributed by atoms with E-state index in [2.05, 4.69) is 20.7 Å². The molecule has 0 spiro atoms. The number of amides is 1. The highest BCUT2D eigenvalue weighted by molar-refractivity contribution is 5.92. The summed E-state index contributed by atoms with van der Waals surface area (Å²) in [5, 5.41) is 23.0. The average Bonchev–Trinajstić information content (AvgIpc) is 3.55. The van der Waals surface area contributed by atoms with E-state index in [0.29, 0.717) is 6.42 Å². The minimum Gasteiger partial charge on any atom is -0.458 e. The van der Waals surface area contributed by atoms with Crippen molar-refractivity contribution < 1.29 is 29.0 Å². The van der Waals surface area contributed by atoms with Crippen LogP contribution in [0.4, 0.5) is 0 Å². The Morgan fingerprint density at radius 2 is 1.56 bits per heavy atom. The van der Waals surface area contributed by atoms with E-state index < -0.39 is 42.5 Å². The molecule has 212 valence electrons. The molecule has 0 fully saturated rings. The molecule has 4 rings (SSSR count). The number of esters is 2. The molecule has 3 N–H and O–H groups in total. The highest BCUT2D eigenvalue weighted by Gasteiger charge is 2.38. The number of aromatic amines is 1. The van der Waals surface area contributed by atoms with Gasteiger partial charge < -0.3 is 19.9 Å². The smallest absolute Gasteiger partial charge is 0.344 e. The maximum atomic E-state index is 13.0. The number of aromatic nitrogens is 3. The summed E-state index contributed by atoms with van der Waals surface area (Å²) in [6.07, 6.45) is 1.69. The lowest BCUT2D eigenvalue weighted by Gasteiger charge is -2.30. The van der Waals surface area contributed by atoms with E-state index in [-0.39, 0.29) is 18.7 Å². The fraction of sp³-hybridized carbons (Fsp3) is 0.258. The van der Waals surface area contributed by atoms with Crippen LogP contribution in [0, 0.1) is 5.41 Å². The monoisotopic (exact) mass is 556 g/mol. The van der Waals surface area contributed by atoms with Crippen molar-refractivity contribution in [2.75, 3.05) is 13.2 Å². The third kappa shape index (κ3) is 8.33. The SMILES string of the molecule is C[C@@](CO)(C[C@@H](Cc1ccc(-c2ccccc2)cc1)NC(=O)c1cn[nH]n1)C(=O)OCC(=O)OCc1ccccc1. The predicted molar refractivity (Wildman–Crippen MR) is 150 cm³/mol. The number of hydrogen-bond acceptors (Lipinski definition) is 8. The molecule has 41 heavy (non-hydrogen) atoms. The Morgan fingerprint density at radius 3 is 2.20 bits per heavy atom. The Kier molecular flexibility index (Phi) is 9.95. The molecule has 4 aromatic rings. The summed E-state index contributed by atoms with van der Waals surface area (Å²) >= 11 is 0. The van der Waals surface area contributed by atoms with E-state index in [0.717, 1.165) is 22.3 Å². The minimum atomic E-state index is -1.41. The van der Waals surface area contributed by atoms with Crippen LogP contribution in [0.25, 0.3) is 11.1 Å². The molecule has 0 aliphatic carbocycles. The van der Waals surface area contributed by atoms with Crippen molar-refractivity contribution in [3.05, 3.63) is 108 Å². The highest BCUT2D eigenvalue weighted by Crippen LogP contribution is 2.27.